The second-order valence-corrected chi connectivity index (χ2v) is 3.19. The van der Waals surface area contributed by atoms with Gasteiger partial charge in [0.2, 0.25) is 0 Å². The van der Waals surface area contributed by atoms with Crippen molar-refractivity contribution in [1.29, 1.82) is 0 Å². The Morgan fingerprint density at radius 3 is 2.62 bits per heavy atom. The molecule has 2 rings (SSSR count). The molecular weight excluding hydrogens is 211 g/mol. The normalized spacial score (nSPS) is 17.2. The fraction of sp³-hybridized carbons (Fsp3) is 0.0833. The van der Waals surface area contributed by atoms with E-state index in [4.69, 9.17) is 9.47 Å². The minimum absolute atomic E-state index is 0.312. The van der Waals surface area contributed by atoms with E-state index in [-0.39, 0.29) is 5.82 Å². The second kappa shape index (κ2) is 4.18. The molecule has 1 aliphatic heterocycles. The van der Waals surface area contributed by atoms with Crippen LogP contribution in [0.1, 0.15) is 5.56 Å². The molecule has 0 amide bonds. The molecule has 16 heavy (non-hydrogen) atoms. The van der Waals surface area contributed by atoms with Gasteiger partial charge in [-0.3, -0.25) is 0 Å². The van der Waals surface area contributed by atoms with Crippen LogP contribution >= 0.6 is 0 Å². The van der Waals surface area contributed by atoms with Crippen molar-refractivity contribution < 1.29 is 18.7 Å². The van der Waals surface area contributed by atoms with Crippen molar-refractivity contribution in [2.45, 2.75) is 0 Å². The van der Waals surface area contributed by atoms with Gasteiger partial charge in [0, 0.05) is 0 Å². The van der Waals surface area contributed by atoms with E-state index in [9.17, 15) is 9.18 Å². The smallest absolute Gasteiger partial charge is 0.340 e. The van der Waals surface area contributed by atoms with E-state index in [0.717, 1.165) is 5.56 Å². The first-order valence-corrected chi connectivity index (χ1v) is 4.64. The molecule has 1 aromatic carbocycles. The number of carbonyl (C=O) groups excluding carboxylic acids is 1. The van der Waals surface area contributed by atoms with Gasteiger partial charge in [-0.2, -0.15) is 0 Å². The third-order valence-corrected chi connectivity index (χ3v) is 2.09. The third kappa shape index (κ3) is 2.11. The molecule has 1 heterocycles. The molecule has 3 nitrogen and oxygen atoms in total. The maximum Gasteiger partial charge on any atom is 0.340 e. The van der Waals surface area contributed by atoms with Gasteiger partial charge in [0.15, 0.2) is 11.5 Å². The molecule has 1 aromatic rings. The molecule has 4 heteroatoms. The maximum absolute atomic E-state index is 12.7. The minimum atomic E-state index is -0.467. The Bertz CT molecular complexity index is 472. The molecule has 1 aliphatic rings. The largest absolute Gasteiger partial charge is 0.493 e. The highest BCUT2D eigenvalue weighted by Crippen LogP contribution is 2.22. The van der Waals surface area contributed by atoms with Crippen molar-refractivity contribution in [2.24, 2.45) is 0 Å². The quantitative estimate of drug-likeness (QED) is 0.717. The Balaban J connectivity index is 2.28. The Morgan fingerprint density at radius 1 is 1.31 bits per heavy atom. The van der Waals surface area contributed by atoms with Crippen molar-refractivity contribution in [3.05, 3.63) is 53.2 Å². The van der Waals surface area contributed by atoms with E-state index in [1.165, 1.54) is 25.3 Å². The van der Waals surface area contributed by atoms with E-state index < -0.39 is 5.97 Å². The van der Waals surface area contributed by atoms with E-state index >= 15 is 0 Å². The summed E-state index contributed by atoms with van der Waals surface area (Å²) in [6.45, 7) is 0. The first kappa shape index (κ1) is 10.4. The van der Waals surface area contributed by atoms with Gasteiger partial charge in [0.25, 0.3) is 0 Å². The summed E-state index contributed by atoms with van der Waals surface area (Å²) in [4.78, 5) is 11.0. The fourth-order valence-corrected chi connectivity index (χ4v) is 1.34. The summed E-state index contributed by atoms with van der Waals surface area (Å²) in [5.41, 5.74) is 0.731. The predicted octanol–water partition coefficient (Wildman–Crippen LogP) is 2.25. The summed E-state index contributed by atoms with van der Waals surface area (Å²) >= 11 is 0. The Kier molecular flexibility index (Phi) is 2.72. The highest BCUT2D eigenvalue weighted by Gasteiger charge is 2.20. The number of rotatable bonds is 2. The van der Waals surface area contributed by atoms with Crippen molar-refractivity contribution in [3.8, 4) is 0 Å². The van der Waals surface area contributed by atoms with Crippen molar-refractivity contribution in [2.75, 3.05) is 7.11 Å². The highest BCUT2D eigenvalue weighted by molar-refractivity contribution is 5.89. The predicted molar refractivity (Wildman–Crippen MR) is 55.6 cm³/mol. The van der Waals surface area contributed by atoms with Crippen LogP contribution in [-0.4, -0.2) is 13.1 Å². The Labute approximate surface area is 91.8 Å². The molecule has 0 N–H and O–H groups in total. The molecule has 0 spiro atoms. The molecular formula is C12H9FO3. The number of ether oxygens (including phenoxy) is 2. The summed E-state index contributed by atoms with van der Waals surface area (Å²) in [5, 5.41) is 0. The monoisotopic (exact) mass is 220 g/mol. The fourth-order valence-electron chi connectivity index (χ4n) is 1.34. The van der Waals surface area contributed by atoms with E-state index in [0.29, 0.717) is 11.5 Å². The van der Waals surface area contributed by atoms with Crippen LogP contribution in [0.15, 0.2) is 41.9 Å². The van der Waals surface area contributed by atoms with Crippen LogP contribution in [0.2, 0.25) is 0 Å². The summed E-state index contributed by atoms with van der Waals surface area (Å²) in [7, 11) is 1.45. The molecule has 0 saturated heterocycles. The van der Waals surface area contributed by atoms with E-state index in [2.05, 4.69) is 0 Å². The van der Waals surface area contributed by atoms with Gasteiger partial charge in [0.05, 0.1) is 13.2 Å². The lowest BCUT2D eigenvalue weighted by Gasteiger charge is -2.02. The number of esters is 1. The summed E-state index contributed by atoms with van der Waals surface area (Å²) in [5.74, 6) is -0.0771. The van der Waals surface area contributed by atoms with Crippen molar-refractivity contribution in [1.82, 2.24) is 0 Å². The molecule has 0 unspecified atom stereocenters. The minimum Gasteiger partial charge on any atom is -0.493 e. The van der Waals surface area contributed by atoms with Crippen LogP contribution < -0.4 is 0 Å². The molecule has 0 aliphatic carbocycles. The van der Waals surface area contributed by atoms with Gasteiger partial charge in [0.1, 0.15) is 5.82 Å². The number of halogens is 1. The summed E-state index contributed by atoms with van der Waals surface area (Å²) in [6.07, 6.45) is 2.87. The molecule has 0 aromatic heterocycles. The van der Waals surface area contributed by atoms with Gasteiger partial charge >= 0.3 is 5.97 Å². The van der Waals surface area contributed by atoms with Crippen LogP contribution in [0.25, 0.3) is 6.08 Å². The van der Waals surface area contributed by atoms with Crippen LogP contribution in [0, 0.1) is 5.82 Å². The van der Waals surface area contributed by atoms with Crippen molar-refractivity contribution >= 4 is 12.0 Å². The zero-order chi connectivity index (χ0) is 11.5. The lowest BCUT2D eigenvalue weighted by atomic mass is 10.2. The van der Waals surface area contributed by atoms with Crippen LogP contribution in [-0.2, 0) is 14.3 Å². The van der Waals surface area contributed by atoms with Gasteiger partial charge < -0.3 is 9.47 Å². The number of hydrogen-bond donors (Lipinski definition) is 0. The summed E-state index contributed by atoms with van der Waals surface area (Å²) in [6, 6.07) is 5.84. The number of cyclic esters (lactones) is 1. The first-order valence-electron chi connectivity index (χ1n) is 4.64. The number of benzene rings is 1. The Hall–Kier alpha value is -2.10. The highest BCUT2D eigenvalue weighted by atomic mass is 19.1. The zero-order valence-electron chi connectivity index (χ0n) is 8.57. The lowest BCUT2D eigenvalue weighted by molar-refractivity contribution is -0.132. The standard InChI is InChI=1S/C12H9FO3/c1-15-10-7-12(14)16-11(10)6-8-2-4-9(13)5-3-8/h2-7H,1H3/b11-6-. The molecule has 0 fully saturated rings. The average molecular weight is 220 g/mol. The SMILES string of the molecule is COC1=CC(=O)O/C1=C\c1ccc(F)cc1. The number of methoxy groups -OCH3 is 1. The number of carbonyl (C=O) groups is 1. The Morgan fingerprint density at radius 2 is 2.00 bits per heavy atom. The van der Waals surface area contributed by atoms with Gasteiger partial charge in [-0.1, -0.05) is 12.1 Å². The van der Waals surface area contributed by atoms with Gasteiger partial charge in [-0.15, -0.1) is 0 Å². The number of hydrogen-bond acceptors (Lipinski definition) is 3. The van der Waals surface area contributed by atoms with Crippen molar-refractivity contribution in [3.63, 3.8) is 0 Å². The zero-order valence-corrected chi connectivity index (χ0v) is 8.57. The molecule has 0 atom stereocenters. The molecule has 0 bridgehead atoms. The first-order chi connectivity index (χ1) is 7.69. The summed E-state index contributed by atoms with van der Waals surface area (Å²) < 4.78 is 22.5. The average Bonchev–Trinajstić information content (AvgIpc) is 2.62. The van der Waals surface area contributed by atoms with Gasteiger partial charge in [-0.25, -0.2) is 9.18 Å². The maximum atomic E-state index is 12.7. The second-order valence-electron chi connectivity index (χ2n) is 3.19. The topological polar surface area (TPSA) is 35.5 Å². The van der Waals surface area contributed by atoms with E-state index in [1.807, 2.05) is 0 Å². The van der Waals surface area contributed by atoms with E-state index in [1.54, 1.807) is 18.2 Å². The molecule has 0 radical (unpaired) electrons. The molecule has 82 valence electrons. The van der Waals surface area contributed by atoms with Crippen LogP contribution in [0.4, 0.5) is 4.39 Å². The van der Waals surface area contributed by atoms with Crippen LogP contribution in [0.3, 0.4) is 0 Å². The molecule has 0 saturated carbocycles. The lowest BCUT2D eigenvalue weighted by Crippen LogP contribution is -1.92. The third-order valence-electron chi connectivity index (χ3n) is 2.09. The van der Waals surface area contributed by atoms with Gasteiger partial charge in [-0.05, 0) is 23.8 Å². The van der Waals surface area contributed by atoms with Crippen LogP contribution in [0.5, 0.6) is 0 Å².